The molecular formula is C24H20FN3O3. The number of methoxy groups -OCH3 is 1. The zero-order chi connectivity index (χ0) is 22.0. The molecule has 0 aliphatic heterocycles. The molecule has 6 nitrogen and oxygen atoms in total. The van der Waals surface area contributed by atoms with Gasteiger partial charge in [-0.3, -0.25) is 4.84 Å². The predicted molar refractivity (Wildman–Crippen MR) is 116 cm³/mol. The van der Waals surface area contributed by atoms with E-state index in [0.29, 0.717) is 33.8 Å². The third kappa shape index (κ3) is 4.11. The molecule has 31 heavy (non-hydrogen) atoms. The maximum absolute atomic E-state index is 13.6. The largest absolute Gasteiger partial charge is 0.497 e. The summed E-state index contributed by atoms with van der Waals surface area (Å²) in [6, 6.07) is 21.1. The maximum atomic E-state index is 13.6. The van der Waals surface area contributed by atoms with E-state index < -0.39 is 6.09 Å². The molecule has 0 bridgehead atoms. The molecule has 2 N–H and O–H groups in total. The van der Waals surface area contributed by atoms with E-state index in [0.717, 1.165) is 16.0 Å². The van der Waals surface area contributed by atoms with Gasteiger partial charge in [0, 0.05) is 16.7 Å². The number of nitrogens with zero attached hydrogens (tertiary/aromatic N) is 2. The van der Waals surface area contributed by atoms with E-state index >= 15 is 0 Å². The summed E-state index contributed by atoms with van der Waals surface area (Å²) in [4.78, 5) is 17.9. The van der Waals surface area contributed by atoms with Crippen LogP contribution in [0.2, 0.25) is 0 Å². The van der Waals surface area contributed by atoms with Gasteiger partial charge in [-0.15, -0.1) is 5.10 Å². The second-order valence-corrected chi connectivity index (χ2v) is 6.96. The number of nitrogens with two attached hydrogens (primary N) is 1. The van der Waals surface area contributed by atoms with Crippen LogP contribution in [0.5, 0.6) is 5.75 Å². The average Bonchev–Trinajstić information content (AvgIpc) is 3.13. The number of halogens is 1. The monoisotopic (exact) mass is 417 g/mol. The second kappa shape index (κ2) is 8.31. The molecule has 0 spiro atoms. The SMILES string of the molecule is COc1ccc(-c2c(-c3ccc(F)cc3)c(-c3ccc(C)cc3)nn2OC(N)=O)cc1. The second-order valence-electron chi connectivity index (χ2n) is 6.96. The van der Waals surface area contributed by atoms with Crippen molar-refractivity contribution < 1.29 is 18.8 Å². The minimum absolute atomic E-state index is 0.354. The number of rotatable bonds is 5. The number of amides is 1. The van der Waals surface area contributed by atoms with Crippen molar-refractivity contribution >= 4 is 6.09 Å². The van der Waals surface area contributed by atoms with Gasteiger partial charge in [0.15, 0.2) is 0 Å². The van der Waals surface area contributed by atoms with Gasteiger partial charge in [0.25, 0.3) is 0 Å². The number of aryl methyl sites for hydroxylation is 1. The van der Waals surface area contributed by atoms with Gasteiger partial charge in [0.1, 0.15) is 23.0 Å². The zero-order valence-corrected chi connectivity index (χ0v) is 17.0. The lowest BCUT2D eigenvalue weighted by molar-refractivity contribution is 0.128. The molecule has 0 aliphatic rings. The van der Waals surface area contributed by atoms with E-state index in [9.17, 15) is 9.18 Å². The molecule has 0 saturated carbocycles. The lowest BCUT2D eigenvalue weighted by atomic mass is 9.95. The van der Waals surface area contributed by atoms with Gasteiger partial charge < -0.3 is 10.5 Å². The van der Waals surface area contributed by atoms with Crippen LogP contribution in [-0.4, -0.2) is 23.1 Å². The maximum Gasteiger partial charge on any atom is 0.430 e. The van der Waals surface area contributed by atoms with Gasteiger partial charge in [-0.2, -0.15) is 0 Å². The first-order chi connectivity index (χ1) is 15.0. The summed E-state index contributed by atoms with van der Waals surface area (Å²) >= 11 is 0. The van der Waals surface area contributed by atoms with E-state index in [1.165, 1.54) is 12.1 Å². The van der Waals surface area contributed by atoms with Crippen LogP contribution < -0.4 is 15.3 Å². The third-order valence-corrected chi connectivity index (χ3v) is 4.85. The van der Waals surface area contributed by atoms with Gasteiger partial charge in [0.2, 0.25) is 0 Å². The van der Waals surface area contributed by atoms with E-state index in [1.54, 1.807) is 31.4 Å². The highest BCUT2D eigenvalue weighted by Crippen LogP contribution is 2.40. The van der Waals surface area contributed by atoms with Crippen LogP contribution in [0.25, 0.3) is 33.6 Å². The quantitative estimate of drug-likeness (QED) is 0.504. The topological polar surface area (TPSA) is 79.4 Å². The van der Waals surface area contributed by atoms with Crippen molar-refractivity contribution in [3.8, 4) is 39.4 Å². The predicted octanol–water partition coefficient (Wildman–Crippen LogP) is 4.85. The summed E-state index contributed by atoms with van der Waals surface area (Å²) in [6.07, 6.45) is -1.00. The van der Waals surface area contributed by atoms with Crippen LogP contribution in [0.15, 0.2) is 72.8 Å². The lowest BCUT2D eigenvalue weighted by Crippen LogP contribution is -2.27. The molecule has 1 amide bonds. The van der Waals surface area contributed by atoms with Gasteiger partial charge >= 0.3 is 6.09 Å². The van der Waals surface area contributed by atoms with Gasteiger partial charge in [-0.1, -0.05) is 46.8 Å². The van der Waals surface area contributed by atoms with Crippen LogP contribution in [0, 0.1) is 12.7 Å². The number of hydrogen-bond donors (Lipinski definition) is 1. The van der Waals surface area contributed by atoms with E-state index in [2.05, 4.69) is 5.10 Å². The summed E-state index contributed by atoms with van der Waals surface area (Å²) < 4.78 is 18.9. The Morgan fingerprint density at radius 2 is 1.48 bits per heavy atom. The first kappa shape index (κ1) is 20.2. The van der Waals surface area contributed by atoms with Gasteiger partial charge in [0.05, 0.1) is 7.11 Å². The standard InChI is InChI=1S/C24H20FN3O3/c1-15-3-5-17(6-4-15)22-21(16-7-11-19(25)12-8-16)23(28(27-22)31-24(26)29)18-9-13-20(30-2)14-10-18/h3-14H,1-2H3,(H2,26,29). The van der Waals surface area contributed by atoms with Crippen molar-refractivity contribution in [1.82, 2.24) is 9.94 Å². The molecule has 4 aromatic rings. The molecule has 0 fully saturated rings. The fraction of sp³-hybridized carbons (Fsp3) is 0.0833. The normalized spacial score (nSPS) is 10.7. The Morgan fingerprint density at radius 3 is 2.06 bits per heavy atom. The molecule has 156 valence electrons. The summed E-state index contributed by atoms with van der Waals surface area (Å²) in [5.74, 6) is 0.320. The summed E-state index contributed by atoms with van der Waals surface area (Å²) in [7, 11) is 1.58. The Hall–Kier alpha value is -4.13. The highest BCUT2D eigenvalue weighted by atomic mass is 19.1. The average molecular weight is 417 g/mol. The van der Waals surface area contributed by atoms with Gasteiger partial charge in [-0.25, -0.2) is 9.18 Å². The van der Waals surface area contributed by atoms with E-state index in [1.807, 2.05) is 43.3 Å². The molecule has 0 atom stereocenters. The molecule has 0 unspecified atom stereocenters. The fourth-order valence-corrected chi connectivity index (χ4v) is 3.36. The van der Waals surface area contributed by atoms with Crippen molar-refractivity contribution in [2.45, 2.75) is 6.92 Å². The number of benzene rings is 3. The van der Waals surface area contributed by atoms with E-state index in [-0.39, 0.29) is 5.82 Å². The number of ether oxygens (including phenoxy) is 1. The number of aromatic nitrogens is 2. The number of carbonyl (C=O) groups excluding carboxylic acids is 1. The molecule has 1 heterocycles. The summed E-state index contributed by atoms with van der Waals surface area (Å²) in [6.45, 7) is 1.99. The number of primary amides is 1. The smallest absolute Gasteiger partial charge is 0.430 e. The molecule has 4 rings (SSSR count). The fourth-order valence-electron chi connectivity index (χ4n) is 3.36. The van der Waals surface area contributed by atoms with Crippen LogP contribution in [0.1, 0.15) is 5.56 Å². The molecule has 7 heteroatoms. The molecule has 3 aromatic carbocycles. The molecule has 0 saturated heterocycles. The van der Waals surface area contributed by atoms with Crippen molar-refractivity contribution in [3.05, 3.63) is 84.2 Å². The van der Waals surface area contributed by atoms with Crippen molar-refractivity contribution in [3.63, 3.8) is 0 Å². The van der Waals surface area contributed by atoms with Crippen LogP contribution in [0.4, 0.5) is 9.18 Å². The summed E-state index contributed by atoms with van der Waals surface area (Å²) in [5, 5.41) is 4.54. The Labute approximate surface area is 178 Å². The first-order valence-corrected chi connectivity index (χ1v) is 9.54. The molecule has 0 radical (unpaired) electrons. The molecule has 1 aromatic heterocycles. The Kier molecular flexibility index (Phi) is 5.41. The van der Waals surface area contributed by atoms with Crippen LogP contribution in [0.3, 0.4) is 0 Å². The Morgan fingerprint density at radius 1 is 0.903 bits per heavy atom. The van der Waals surface area contributed by atoms with Gasteiger partial charge in [-0.05, 0) is 48.9 Å². The summed E-state index contributed by atoms with van der Waals surface area (Å²) in [5.41, 5.74) is 10.4. The van der Waals surface area contributed by atoms with Crippen molar-refractivity contribution in [2.24, 2.45) is 5.73 Å². The molecular weight excluding hydrogens is 397 g/mol. The zero-order valence-electron chi connectivity index (χ0n) is 17.0. The lowest BCUT2D eigenvalue weighted by Gasteiger charge is -2.10. The van der Waals surface area contributed by atoms with E-state index in [4.69, 9.17) is 15.3 Å². The minimum Gasteiger partial charge on any atom is -0.497 e. The molecule has 0 aliphatic carbocycles. The number of carbonyl (C=O) groups is 1. The highest BCUT2D eigenvalue weighted by Gasteiger charge is 2.24. The Bertz CT molecular complexity index is 1210. The van der Waals surface area contributed by atoms with Crippen LogP contribution in [-0.2, 0) is 0 Å². The minimum atomic E-state index is -1.00. The van der Waals surface area contributed by atoms with Crippen LogP contribution >= 0.6 is 0 Å². The van der Waals surface area contributed by atoms with Crippen molar-refractivity contribution in [2.75, 3.05) is 7.11 Å². The highest BCUT2D eigenvalue weighted by molar-refractivity contribution is 5.92. The first-order valence-electron chi connectivity index (χ1n) is 9.54. The Balaban J connectivity index is 2.02. The van der Waals surface area contributed by atoms with Crippen molar-refractivity contribution in [1.29, 1.82) is 0 Å². The third-order valence-electron chi connectivity index (χ3n) is 4.85. The number of hydrogen-bond acceptors (Lipinski definition) is 4.